The molecule has 3 N–H and O–H groups in total. The zero-order valence-corrected chi connectivity index (χ0v) is 26.8. The molecular formula is C33H38BrF2N3O4S. The molecule has 2 aliphatic heterocycles. The van der Waals surface area contributed by atoms with Gasteiger partial charge in [-0.15, -0.1) is 0 Å². The number of nitrogens with two attached hydrogens (primary N) is 1. The van der Waals surface area contributed by atoms with Gasteiger partial charge in [-0.05, 0) is 85.5 Å². The number of hydrogen-bond acceptors (Lipinski definition) is 5. The highest BCUT2D eigenvalue weighted by atomic mass is 79.9. The van der Waals surface area contributed by atoms with E-state index >= 15 is 8.78 Å². The van der Waals surface area contributed by atoms with Gasteiger partial charge < -0.3 is 10.6 Å². The third-order valence-corrected chi connectivity index (χ3v) is 11.4. The Morgan fingerprint density at radius 1 is 0.932 bits per heavy atom. The Labute approximate surface area is 265 Å². The third-order valence-electron chi connectivity index (χ3n) is 9.66. The minimum absolute atomic E-state index is 0.0548. The summed E-state index contributed by atoms with van der Waals surface area (Å²) in [4.78, 5) is 24.2. The number of nitrogens with one attached hydrogen (secondary N) is 1. The van der Waals surface area contributed by atoms with E-state index in [-0.39, 0.29) is 28.6 Å². The first-order valence-electron chi connectivity index (χ1n) is 15.4. The third kappa shape index (κ3) is 6.31. The zero-order chi connectivity index (χ0) is 31.1. The molecule has 11 heteroatoms. The van der Waals surface area contributed by atoms with Crippen LogP contribution in [0.2, 0.25) is 0 Å². The Kier molecular flexibility index (Phi) is 9.14. The molecule has 1 unspecified atom stereocenters. The van der Waals surface area contributed by atoms with Crippen LogP contribution in [0.1, 0.15) is 63.4 Å². The maximum atomic E-state index is 17.2. The highest BCUT2D eigenvalue weighted by Crippen LogP contribution is 2.47. The van der Waals surface area contributed by atoms with Crippen molar-refractivity contribution in [3.8, 4) is 0 Å². The lowest BCUT2D eigenvalue weighted by molar-refractivity contribution is -0.186. The Bertz CT molecular complexity index is 1590. The van der Waals surface area contributed by atoms with Crippen LogP contribution in [0.4, 0.5) is 8.78 Å². The Balaban J connectivity index is 1.43. The normalized spacial score (nSPS) is 24.4. The van der Waals surface area contributed by atoms with Gasteiger partial charge in [0.15, 0.2) is 0 Å². The molecule has 2 heterocycles. The second-order valence-electron chi connectivity index (χ2n) is 12.5. The van der Waals surface area contributed by atoms with E-state index in [1.54, 1.807) is 41.3 Å². The highest BCUT2D eigenvalue weighted by molar-refractivity contribution is 9.10. The number of halogens is 3. The van der Waals surface area contributed by atoms with Crippen molar-refractivity contribution in [1.82, 2.24) is 9.79 Å². The summed E-state index contributed by atoms with van der Waals surface area (Å²) in [6.45, 7) is 0. The van der Waals surface area contributed by atoms with E-state index in [0.29, 0.717) is 43.9 Å². The first-order valence-corrected chi connectivity index (χ1v) is 17.7. The SMILES string of the molecule is NC1C[C@H]2CC[C@H](C1)N2C(=O)[C@@H](C(ONS(=O)(=O)c1ccccc1)C1CCCCC1)C(F)(F)c1ccc2cc(Br)ccc2c1. The molecule has 2 saturated heterocycles. The Morgan fingerprint density at radius 2 is 1.57 bits per heavy atom. The maximum absolute atomic E-state index is 17.2. The minimum Gasteiger partial charge on any atom is -0.336 e. The lowest BCUT2D eigenvalue weighted by Crippen LogP contribution is -2.58. The number of fused-ring (bicyclic) bond motifs is 3. The van der Waals surface area contributed by atoms with Crippen molar-refractivity contribution in [3.63, 3.8) is 0 Å². The molecule has 1 saturated carbocycles. The van der Waals surface area contributed by atoms with Crippen LogP contribution in [0.3, 0.4) is 0 Å². The van der Waals surface area contributed by atoms with E-state index < -0.39 is 39.8 Å². The van der Waals surface area contributed by atoms with Crippen LogP contribution in [0, 0.1) is 11.8 Å². The number of carbonyl (C=O) groups is 1. The fourth-order valence-electron chi connectivity index (χ4n) is 7.51. The van der Waals surface area contributed by atoms with Crippen molar-refractivity contribution in [3.05, 3.63) is 76.8 Å². The van der Waals surface area contributed by atoms with Gasteiger partial charge in [0, 0.05) is 28.2 Å². The van der Waals surface area contributed by atoms with Crippen molar-refractivity contribution in [2.24, 2.45) is 17.6 Å². The van der Waals surface area contributed by atoms with Crippen LogP contribution in [-0.2, 0) is 25.6 Å². The molecule has 0 spiro atoms. The van der Waals surface area contributed by atoms with Crippen LogP contribution in [0.25, 0.3) is 10.8 Å². The van der Waals surface area contributed by atoms with Crippen molar-refractivity contribution < 1.29 is 26.8 Å². The number of piperidine rings is 1. The number of amides is 1. The molecule has 7 nitrogen and oxygen atoms in total. The molecule has 0 radical (unpaired) electrons. The molecule has 3 aromatic rings. The number of nitrogens with zero attached hydrogens (tertiary/aromatic N) is 1. The first kappa shape index (κ1) is 31.5. The average molecular weight is 691 g/mol. The molecule has 3 aromatic carbocycles. The van der Waals surface area contributed by atoms with Gasteiger partial charge in [0.2, 0.25) is 5.91 Å². The largest absolute Gasteiger partial charge is 0.336 e. The summed E-state index contributed by atoms with van der Waals surface area (Å²) >= 11 is 3.43. The summed E-state index contributed by atoms with van der Waals surface area (Å²) in [7, 11) is -4.20. The summed E-state index contributed by atoms with van der Waals surface area (Å²) in [6, 6.07) is 16.9. The van der Waals surface area contributed by atoms with Crippen molar-refractivity contribution >= 4 is 42.6 Å². The van der Waals surface area contributed by atoms with Gasteiger partial charge in [-0.2, -0.15) is 0 Å². The number of rotatable bonds is 9. The van der Waals surface area contributed by atoms with Crippen molar-refractivity contribution in [1.29, 1.82) is 0 Å². The molecule has 3 fully saturated rings. The number of benzene rings is 3. The van der Waals surface area contributed by atoms with Crippen LogP contribution >= 0.6 is 15.9 Å². The monoisotopic (exact) mass is 689 g/mol. The van der Waals surface area contributed by atoms with E-state index in [0.717, 1.165) is 29.1 Å². The molecule has 0 aromatic heterocycles. The van der Waals surface area contributed by atoms with Gasteiger partial charge >= 0.3 is 0 Å². The maximum Gasteiger partial charge on any atom is 0.287 e. The molecule has 1 amide bonds. The molecule has 2 bridgehead atoms. The predicted octanol–water partition coefficient (Wildman–Crippen LogP) is 6.65. The van der Waals surface area contributed by atoms with Crippen LogP contribution < -0.4 is 10.6 Å². The molecule has 4 atom stereocenters. The van der Waals surface area contributed by atoms with Gasteiger partial charge in [-0.3, -0.25) is 9.63 Å². The minimum atomic E-state index is -4.20. The highest BCUT2D eigenvalue weighted by Gasteiger charge is 2.57. The first-order chi connectivity index (χ1) is 21.0. The molecule has 44 heavy (non-hydrogen) atoms. The van der Waals surface area contributed by atoms with Crippen LogP contribution in [-0.4, -0.2) is 43.5 Å². The lowest BCUT2D eigenvalue weighted by atomic mass is 9.76. The van der Waals surface area contributed by atoms with Crippen molar-refractivity contribution in [2.75, 3.05) is 0 Å². The number of carbonyl (C=O) groups excluding carboxylic acids is 1. The second-order valence-corrected chi connectivity index (χ2v) is 15.1. The summed E-state index contributed by atoms with van der Waals surface area (Å²) in [6.07, 6.45) is 4.78. The summed E-state index contributed by atoms with van der Waals surface area (Å²) in [5.74, 6) is -6.75. The molecule has 3 aliphatic rings. The lowest BCUT2D eigenvalue weighted by Gasteiger charge is -2.44. The zero-order valence-electron chi connectivity index (χ0n) is 24.4. The molecule has 236 valence electrons. The van der Waals surface area contributed by atoms with Crippen molar-refractivity contribution in [2.45, 2.75) is 92.8 Å². The number of sulfonamides is 1. The second kappa shape index (κ2) is 12.7. The van der Waals surface area contributed by atoms with E-state index in [1.807, 2.05) is 6.07 Å². The molecular weight excluding hydrogens is 652 g/mol. The van der Waals surface area contributed by atoms with Crippen LogP contribution in [0.5, 0.6) is 0 Å². The number of alkyl halides is 2. The summed E-state index contributed by atoms with van der Waals surface area (Å²) < 4.78 is 61.7. The Morgan fingerprint density at radius 3 is 2.25 bits per heavy atom. The Hall–Kier alpha value is -2.44. The topological polar surface area (TPSA) is 102 Å². The van der Waals surface area contributed by atoms with E-state index in [4.69, 9.17) is 10.6 Å². The molecule has 6 rings (SSSR count). The van der Waals surface area contributed by atoms with E-state index in [1.165, 1.54) is 24.3 Å². The fourth-order valence-corrected chi connectivity index (χ4v) is 8.74. The van der Waals surface area contributed by atoms with Gasteiger partial charge in [-0.25, -0.2) is 17.2 Å². The van der Waals surface area contributed by atoms with Gasteiger partial charge in [0.25, 0.3) is 15.9 Å². The van der Waals surface area contributed by atoms with E-state index in [2.05, 4.69) is 20.8 Å². The van der Waals surface area contributed by atoms with Crippen LogP contribution in [0.15, 0.2) is 76.1 Å². The van der Waals surface area contributed by atoms with Gasteiger partial charge in [0.1, 0.15) is 12.0 Å². The standard InChI is InChI=1S/C33H38BrF2N3O4S/c34-25-14-12-22-17-24(13-11-23(22)18-25)33(35,36)30(32(40)39-27-15-16-28(39)20-26(37)19-27)31(21-7-3-1-4-8-21)43-38-44(41,42)29-9-5-2-6-10-29/h2,5-6,9-14,17-18,21,26-28,30-31,38H,1,3-4,7-8,15-16,19-20,37H2/t27-,28-,30-,31?/m1/s1. The summed E-state index contributed by atoms with van der Waals surface area (Å²) in [5.41, 5.74) is 5.97. The fraction of sp³-hybridized carbons (Fsp3) is 0.485. The quantitative estimate of drug-likeness (QED) is 0.245. The smallest absolute Gasteiger partial charge is 0.287 e. The predicted molar refractivity (Wildman–Crippen MR) is 168 cm³/mol. The average Bonchev–Trinajstić information content (AvgIpc) is 3.29. The van der Waals surface area contributed by atoms with Gasteiger partial charge in [0.05, 0.1) is 4.90 Å². The summed E-state index contributed by atoms with van der Waals surface area (Å²) in [5, 5.41) is 1.39. The van der Waals surface area contributed by atoms with E-state index in [9.17, 15) is 13.2 Å². The molecule has 1 aliphatic carbocycles. The van der Waals surface area contributed by atoms with Gasteiger partial charge in [-0.1, -0.05) is 76.5 Å². The number of hydrogen-bond donors (Lipinski definition) is 2.